The molecule has 0 saturated carbocycles. The van der Waals surface area contributed by atoms with Crippen molar-refractivity contribution in [3.05, 3.63) is 49.6 Å². The summed E-state index contributed by atoms with van der Waals surface area (Å²) >= 11 is 0. The van der Waals surface area contributed by atoms with Crippen LogP contribution in [0.2, 0.25) is 0 Å². The van der Waals surface area contributed by atoms with Crippen molar-refractivity contribution >= 4 is 69.4 Å². The van der Waals surface area contributed by atoms with E-state index in [0.717, 1.165) is 70.6 Å². The molecular weight excluding hydrogens is 1780 g/mol. The Kier molecular flexibility index (Phi) is 86.6. The van der Waals surface area contributed by atoms with Crippen LogP contribution in [0.1, 0.15) is 378 Å². The molecule has 30 nitrogen and oxygen atoms in total. The van der Waals surface area contributed by atoms with Crippen LogP contribution >= 0.6 is 0 Å². The lowest BCUT2D eigenvalue weighted by Gasteiger charge is -2.26. The smallest absolute Gasteiger partial charge is 0.153 e. The molecule has 30 heteroatoms. The van der Waals surface area contributed by atoms with Gasteiger partial charge in [0.1, 0.15) is 34.7 Å². The van der Waals surface area contributed by atoms with Gasteiger partial charge in [-0.2, -0.15) is 0 Å². The van der Waals surface area contributed by atoms with E-state index < -0.39 is 36.4 Å². The van der Waals surface area contributed by atoms with E-state index >= 15 is 0 Å². The first kappa shape index (κ1) is 147. The summed E-state index contributed by atoms with van der Waals surface area (Å²) in [6.07, 6.45) is 11.3. The number of nitrogens with one attached hydrogen (secondary N) is 10. The number of ketones is 12. The molecule has 0 fully saturated rings. The van der Waals surface area contributed by atoms with Gasteiger partial charge in [-0.3, -0.25) is 57.5 Å². The van der Waals surface area contributed by atoms with Crippen LogP contribution in [0.15, 0.2) is 49.6 Å². The summed E-state index contributed by atoms with van der Waals surface area (Å²) in [5.74, 6) is 1.40. The Morgan fingerprint density at radius 1 is 0.241 bits per heavy atom. The van der Waals surface area contributed by atoms with Crippen LogP contribution in [-0.2, 0) is 57.5 Å². The fourth-order valence-corrected chi connectivity index (χ4v) is 16.3. The molecular formula is C111H219N15O15. The fourth-order valence-electron chi connectivity index (χ4n) is 16.3. The first-order valence-electron chi connectivity index (χ1n) is 53.1. The van der Waals surface area contributed by atoms with Gasteiger partial charge in [0.05, 0.1) is 77.8 Å². The molecule has 0 aromatic carbocycles. The highest BCUT2D eigenvalue weighted by atomic mass is 16.3. The van der Waals surface area contributed by atoms with Crippen LogP contribution in [0.25, 0.3) is 0 Å². The molecule has 0 aliphatic rings. The number of hydrogen-bond donors (Lipinski definition) is 18. The SMILES string of the molecule is C.C=C(N)NCCC[C@H](CC(=O)[C@@H](NC(C)C)C(C)C)C(=O)C(C)C.C=C(N)NCCC[C@H](CC(=O)[C@@H](NC(C)C)C(C)C)C(=O)C(C)C.C=C(N)NCCC[C@H](CC(=O)[C@@H](NC(C)C)C(C)O)C(=O)C(C)C.C=C(N)NCCC[C@H](CC(=O)[C@@H](NC(C)C)C(C)O)C(=O)C(C)C.CC(C)N[C@H](C(=O)C[C@@H](CCCCN)C(=O)C(C)C)C(C)C.CCCCC[C@H](CC(=O)[C@@H](NC(C)C)C(C)O)C(=O)C(C)C. The maximum Gasteiger partial charge on any atom is 0.153 e. The van der Waals surface area contributed by atoms with Crippen LogP contribution < -0.4 is 81.8 Å². The number of rotatable bonds is 76. The molecule has 141 heavy (non-hydrogen) atoms. The number of aliphatic hydroxyl groups excluding tert-OH is 3. The first-order chi connectivity index (χ1) is 64.6. The molecule has 0 spiro atoms. The minimum Gasteiger partial charge on any atom is -0.391 e. The maximum atomic E-state index is 12.7. The van der Waals surface area contributed by atoms with E-state index in [9.17, 15) is 72.9 Å². The predicted octanol–water partition coefficient (Wildman–Crippen LogP) is 14.6. The molecule has 0 amide bonds. The molecule has 15 atom stereocenters. The zero-order chi connectivity index (χ0) is 110. The van der Waals surface area contributed by atoms with Crippen LogP contribution in [0, 0.1) is 88.8 Å². The van der Waals surface area contributed by atoms with Crippen LogP contribution in [0.4, 0.5) is 0 Å². The lowest BCUT2D eigenvalue weighted by molar-refractivity contribution is -0.132. The largest absolute Gasteiger partial charge is 0.391 e. The van der Waals surface area contributed by atoms with E-state index in [1.807, 2.05) is 208 Å². The van der Waals surface area contributed by atoms with Gasteiger partial charge in [0.25, 0.3) is 0 Å². The second kappa shape index (κ2) is 83.1. The first-order valence-corrected chi connectivity index (χ1v) is 53.1. The van der Waals surface area contributed by atoms with Gasteiger partial charge in [-0.25, -0.2) is 0 Å². The maximum absolute atomic E-state index is 12.7. The molecule has 0 aromatic heterocycles. The molecule has 0 aliphatic heterocycles. The minimum absolute atomic E-state index is 0. The quantitative estimate of drug-likeness (QED) is 0.0251. The number of nitrogens with two attached hydrogens (primary N) is 5. The van der Waals surface area contributed by atoms with Crippen molar-refractivity contribution in [1.29, 1.82) is 0 Å². The molecule has 3 unspecified atom stereocenters. The average Bonchev–Trinajstić information content (AvgIpc) is 0.891. The van der Waals surface area contributed by atoms with Gasteiger partial charge in [-0.05, 0) is 116 Å². The van der Waals surface area contributed by atoms with Gasteiger partial charge >= 0.3 is 0 Å². The summed E-state index contributed by atoms with van der Waals surface area (Å²) in [7, 11) is 0. The Morgan fingerprint density at radius 3 is 0.518 bits per heavy atom. The molecule has 0 aromatic rings. The van der Waals surface area contributed by atoms with Gasteiger partial charge in [0.2, 0.25) is 0 Å². The number of hydrogen-bond acceptors (Lipinski definition) is 30. The number of carbonyl (C=O) groups is 12. The summed E-state index contributed by atoms with van der Waals surface area (Å²) in [6.45, 7) is 83.0. The number of Topliss-reactive ketones (excluding diaryl/α,β-unsaturated/α-hetero) is 12. The van der Waals surface area contributed by atoms with Gasteiger partial charge in [-0.1, -0.05) is 274 Å². The zero-order valence-electron chi connectivity index (χ0n) is 94.7. The second-order valence-electron chi connectivity index (χ2n) is 43.5. The van der Waals surface area contributed by atoms with E-state index in [0.29, 0.717) is 101 Å². The van der Waals surface area contributed by atoms with E-state index in [4.69, 9.17) is 28.7 Å². The van der Waals surface area contributed by atoms with Gasteiger partial charge in [0.15, 0.2) is 34.7 Å². The highest BCUT2D eigenvalue weighted by Gasteiger charge is 2.37. The summed E-state index contributed by atoms with van der Waals surface area (Å²) in [6, 6.07) is -1.45. The topological polar surface area (TPSA) is 516 Å². The lowest BCUT2D eigenvalue weighted by Crippen LogP contribution is -2.48. The highest BCUT2D eigenvalue weighted by molar-refractivity contribution is 5.95. The highest BCUT2D eigenvalue weighted by Crippen LogP contribution is 2.28. The van der Waals surface area contributed by atoms with E-state index in [-0.39, 0.29) is 239 Å². The van der Waals surface area contributed by atoms with Gasteiger partial charge < -0.3 is 97.2 Å². The fraction of sp³-hybridized carbons (Fsp3) is 0.820. The van der Waals surface area contributed by atoms with Crippen LogP contribution in [0.5, 0.6) is 0 Å². The molecule has 0 saturated heterocycles. The number of aliphatic hydroxyl groups is 3. The lowest BCUT2D eigenvalue weighted by atomic mass is 9.84. The normalized spacial score (nSPS) is 14.7. The summed E-state index contributed by atoms with van der Waals surface area (Å²) in [5.41, 5.74) is 27.4. The molecule has 0 bridgehead atoms. The van der Waals surface area contributed by atoms with Crippen molar-refractivity contribution < 1.29 is 72.9 Å². The minimum atomic E-state index is -0.795. The van der Waals surface area contributed by atoms with Crippen LogP contribution in [0.3, 0.4) is 0 Å². The van der Waals surface area contributed by atoms with Gasteiger partial charge in [0, 0.05) is 172 Å². The third kappa shape index (κ3) is 74.5. The van der Waals surface area contributed by atoms with Crippen molar-refractivity contribution in [2.45, 2.75) is 468 Å². The van der Waals surface area contributed by atoms with Crippen LogP contribution in [-0.4, -0.2) is 208 Å². The molecule has 828 valence electrons. The van der Waals surface area contributed by atoms with Crippen molar-refractivity contribution in [1.82, 2.24) is 53.2 Å². The summed E-state index contributed by atoms with van der Waals surface area (Å²) in [5, 5.41) is 60.6. The summed E-state index contributed by atoms with van der Waals surface area (Å²) < 4.78 is 0. The third-order valence-electron chi connectivity index (χ3n) is 23.6. The Morgan fingerprint density at radius 2 is 0.390 bits per heavy atom. The molecule has 0 rings (SSSR count). The van der Waals surface area contributed by atoms with Crippen molar-refractivity contribution in [3.8, 4) is 0 Å². The standard InChI is InChI=1S/2C19H37N3O2.2C18H35N3O3.C18H36N2O2.C18H35NO3.CH4/c2*1-12(2)18(22-14(5)6)17(23)11-16(19(24)13(3)4)9-8-10-21-15(7)20;2*1-11(2)18(24)15(8-7-9-20-14(6)19)10-16(23)17(13(5)22)21-12(3)4;1-12(2)17(20-14(5)6)16(21)11-15(9-7-8-10-19)18(22)13(3)4;1-7-8-9-10-15(18(22)12(2)3)11-16(21)17(14(6)20)19-13(4)5;/h2*12-14,16,18,21-22H,7-11,20H2,1-6H3;2*11-13,15,17,20-22H,6-10,19H2,1-5H3;12-15,17,20H,7-11,19H2,1-6H3;12-15,17,19-20H,7-11H2,1-6H3;1H4/t2*16-,18+;2*13?,15-,17+;15-,17+;14?,15-,17+;/m111111./s1. The summed E-state index contributed by atoms with van der Waals surface area (Å²) in [4.78, 5) is 150. The average molecular weight is 2000 g/mol. The molecule has 0 aliphatic carbocycles. The monoisotopic (exact) mass is 2000 g/mol. The van der Waals surface area contributed by atoms with E-state index in [2.05, 4.69) is 86.4 Å². The number of carbonyl (C=O) groups excluding carboxylic acids is 12. The second-order valence-corrected chi connectivity index (χ2v) is 43.5. The zero-order valence-corrected chi connectivity index (χ0v) is 94.7. The predicted molar refractivity (Wildman–Crippen MR) is 586 cm³/mol. The van der Waals surface area contributed by atoms with Crippen molar-refractivity contribution in [3.63, 3.8) is 0 Å². The van der Waals surface area contributed by atoms with Gasteiger partial charge in [-0.15, -0.1) is 0 Å². The number of unbranched alkanes of at least 4 members (excludes halogenated alkanes) is 3. The van der Waals surface area contributed by atoms with Crippen molar-refractivity contribution in [2.24, 2.45) is 117 Å². The van der Waals surface area contributed by atoms with Crippen molar-refractivity contribution in [2.75, 3.05) is 32.7 Å². The Bertz CT molecular complexity index is 3120. The Hall–Kier alpha value is -7.00. The Balaban J connectivity index is -0.000000305. The molecule has 0 radical (unpaired) electrons. The molecule has 0 heterocycles. The Labute approximate surface area is 859 Å². The van der Waals surface area contributed by atoms with E-state index in [1.165, 1.54) is 0 Å². The van der Waals surface area contributed by atoms with E-state index in [1.54, 1.807) is 20.8 Å². The third-order valence-corrected chi connectivity index (χ3v) is 23.6. The molecule has 23 N–H and O–H groups in total.